The van der Waals surface area contributed by atoms with Gasteiger partial charge < -0.3 is 0 Å². The zero-order valence-electron chi connectivity index (χ0n) is 7.28. The first-order valence-corrected chi connectivity index (χ1v) is 4.22. The molecule has 84 valence electrons. The molecule has 1 unspecified atom stereocenters. The van der Waals surface area contributed by atoms with Crippen molar-refractivity contribution in [2.45, 2.75) is 11.4 Å². The Balaban J connectivity index is 3.24. The third-order valence-corrected chi connectivity index (χ3v) is 2.00. The van der Waals surface area contributed by atoms with Gasteiger partial charge in [0.05, 0.1) is 0 Å². The van der Waals surface area contributed by atoms with Crippen LogP contribution in [0.3, 0.4) is 0 Å². The summed E-state index contributed by atoms with van der Waals surface area (Å²) in [6.45, 7) is 0. The molecule has 3 N–H and O–H groups in total. The summed E-state index contributed by atoms with van der Waals surface area (Å²) in [7, 11) is 0. The molecule has 0 saturated carbocycles. The predicted molar refractivity (Wildman–Crippen MR) is 47.2 cm³/mol. The van der Waals surface area contributed by atoms with Crippen molar-refractivity contribution in [2.75, 3.05) is 0 Å². The maximum Gasteiger partial charge on any atom is 0.342 e. The van der Waals surface area contributed by atoms with E-state index in [-0.39, 0.29) is 0 Å². The van der Waals surface area contributed by atoms with Gasteiger partial charge in [0.2, 0.25) is 0 Å². The summed E-state index contributed by atoms with van der Waals surface area (Å²) in [5, 5.41) is -3.89. The molecule has 0 aliphatic carbocycles. The second-order valence-electron chi connectivity index (χ2n) is 2.78. The summed E-state index contributed by atoms with van der Waals surface area (Å²) < 4.78 is 51.6. The van der Waals surface area contributed by atoms with E-state index < -0.39 is 28.6 Å². The summed E-state index contributed by atoms with van der Waals surface area (Å²) in [5.74, 6) is 2.50. The van der Waals surface area contributed by atoms with E-state index in [4.69, 9.17) is 5.84 Å². The highest BCUT2D eigenvalue weighted by Gasteiger charge is 2.40. The van der Waals surface area contributed by atoms with Crippen molar-refractivity contribution < 1.29 is 17.6 Å². The van der Waals surface area contributed by atoms with Crippen molar-refractivity contribution in [1.82, 2.24) is 5.43 Å². The lowest BCUT2D eigenvalue weighted by atomic mass is 10.1. The molecule has 0 aliphatic heterocycles. The van der Waals surface area contributed by atoms with Crippen LogP contribution in [-0.4, -0.2) is 5.38 Å². The lowest BCUT2D eigenvalue weighted by Gasteiger charge is -2.21. The van der Waals surface area contributed by atoms with Gasteiger partial charge in [-0.2, -0.15) is 8.78 Å². The monoisotopic (exact) mass is 242 g/mol. The second kappa shape index (κ2) is 4.34. The topological polar surface area (TPSA) is 38.0 Å². The Morgan fingerprint density at radius 3 is 2.07 bits per heavy atom. The molecule has 0 aliphatic rings. The first-order chi connectivity index (χ1) is 6.88. The van der Waals surface area contributed by atoms with Gasteiger partial charge in [-0.3, -0.25) is 5.84 Å². The van der Waals surface area contributed by atoms with Crippen LogP contribution < -0.4 is 11.3 Å². The van der Waals surface area contributed by atoms with E-state index in [2.05, 4.69) is 11.6 Å². The van der Waals surface area contributed by atoms with Gasteiger partial charge in [-0.1, -0.05) is 6.07 Å². The van der Waals surface area contributed by atoms with E-state index in [9.17, 15) is 17.6 Å². The number of nitrogens with two attached hydrogens (primary N) is 1. The first kappa shape index (κ1) is 12.2. The van der Waals surface area contributed by atoms with Gasteiger partial charge in [0, 0.05) is 5.56 Å². The number of halogens is 5. The van der Waals surface area contributed by atoms with Crippen LogP contribution in [0.4, 0.5) is 17.6 Å². The van der Waals surface area contributed by atoms with Crippen LogP contribution in [0, 0.1) is 11.6 Å². The fourth-order valence-corrected chi connectivity index (χ4v) is 1.30. The summed E-state index contributed by atoms with van der Waals surface area (Å²) >= 11 is 4.67. The lowest BCUT2D eigenvalue weighted by Crippen LogP contribution is -2.39. The van der Waals surface area contributed by atoms with E-state index in [1.807, 2.05) is 0 Å². The van der Waals surface area contributed by atoms with Gasteiger partial charge in [-0.15, -0.1) is 0 Å². The number of hydrogen-bond acceptors (Lipinski definition) is 2. The molecule has 1 aromatic carbocycles. The molecule has 0 heterocycles. The molecule has 0 radical (unpaired) electrons. The molecule has 2 nitrogen and oxygen atoms in total. The summed E-state index contributed by atoms with van der Waals surface area (Å²) in [4.78, 5) is 0. The Kier molecular flexibility index (Phi) is 3.54. The molecule has 0 amide bonds. The van der Waals surface area contributed by atoms with Crippen LogP contribution in [0.2, 0.25) is 0 Å². The van der Waals surface area contributed by atoms with Crippen LogP contribution in [0.25, 0.3) is 0 Å². The maximum atomic E-state index is 13.1. The number of rotatable bonds is 3. The van der Waals surface area contributed by atoms with E-state index in [1.165, 1.54) is 0 Å². The molecule has 0 spiro atoms. The minimum absolute atomic E-state index is 0.839. The van der Waals surface area contributed by atoms with E-state index >= 15 is 0 Å². The summed E-state index contributed by atoms with van der Waals surface area (Å²) in [6.07, 6.45) is 0. The van der Waals surface area contributed by atoms with Crippen LogP contribution in [0.15, 0.2) is 18.2 Å². The Labute approximate surface area is 88.0 Å². The van der Waals surface area contributed by atoms with Crippen LogP contribution in [0.5, 0.6) is 0 Å². The summed E-state index contributed by atoms with van der Waals surface area (Å²) in [6, 6.07) is 0.602. The van der Waals surface area contributed by atoms with Crippen molar-refractivity contribution in [2.24, 2.45) is 5.84 Å². The SMILES string of the molecule is NNC(c1c(F)cccc1F)C(F)(F)Cl. The highest BCUT2D eigenvalue weighted by molar-refractivity contribution is 6.22. The molecule has 1 atom stereocenters. The zero-order valence-corrected chi connectivity index (χ0v) is 8.03. The standard InChI is InChI=1S/C8H7ClF4N2/c9-8(12,13)7(15-14)6-4(10)2-1-3-5(6)11/h1-3,7,15H,14H2. The van der Waals surface area contributed by atoms with Crippen molar-refractivity contribution in [3.05, 3.63) is 35.4 Å². The number of alkyl halides is 3. The van der Waals surface area contributed by atoms with Gasteiger partial charge in [0.25, 0.3) is 0 Å². The lowest BCUT2D eigenvalue weighted by molar-refractivity contribution is 0.0467. The number of benzene rings is 1. The first-order valence-electron chi connectivity index (χ1n) is 3.84. The molecule has 0 bridgehead atoms. The number of hydrazine groups is 1. The fourth-order valence-electron chi connectivity index (χ4n) is 1.13. The summed E-state index contributed by atoms with van der Waals surface area (Å²) in [5.41, 5.74) is 0.689. The van der Waals surface area contributed by atoms with Crippen LogP contribution in [-0.2, 0) is 0 Å². The normalized spacial score (nSPS) is 14.0. The highest BCUT2D eigenvalue weighted by Crippen LogP contribution is 2.36. The van der Waals surface area contributed by atoms with Crippen molar-refractivity contribution in [1.29, 1.82) is 0 Å². The van der Waals surface area contributed by atoms with E-state index in [1.54, 1.807) is 5.43 Å². The smallest absolute Gasteiger partial charge is 0.271 e. The minimum atomic E-state index is -3.89. The van der Waals surface area contributed by atoms with Crippen LogP contribution in [0.1, 0.15) is 11.6 Å². The number of hydrogen-bond donors (Lipinski definition) is 2. The average Bonchev–Trinajstić information content (AvgIpc) is 2.09. The van der Waals surface area contributed by atoms with Crippen molar-refractivity contribution >= 4 is 11.6 Å². The van der Waals surface area contributed by atoms with Gasteiger partial charge >= 0.3 is 5.38 Å². The zero-order chi connectivity index (χ0) is 11.6. The van der Waals surface area contributed by atoms with E-state index in [0.717, 1.165) is 18.2 Å². The number of nitrogens with one attached hydrogen (secondary N) is 1. The largest absolute Gasteiger partial charge is 0.342 e. The molecule has 1 aromatic rings. The minimum Gasteiger partial charge on any atom is -0.271 e. The van der Waals surface area contributed by atoms with Crippen molar-refractivity contribution in [3.63, 3.8) is 0 Å². The fraction of sp³-hybridized carbons (Fsp3) is 0.250. The highest BCUT2D eigenvalue weighted by atomic mass is 35.5. The molecule has 1 rings (SSSR count). The van der Waals surface area contributed by atoms with Crippen LogP contribution >= 0.6 is 11.6 Å². The Morgan fingerprint density at radius 1 is 1.27 bits per heavy atom. The molecule has 7 heteroatoms. The van der Waals surface area contributed by atoms with Gasteiger partial charge in [-0.05, 0) is 23.7 Å². The Bertz CT molecular complexity index is 333. The average molecular weight is 243 g/mol. The molecule has 0 fully saturated rings. The Morgan fingerprint density at radius 2 is 1.73 bits per heavy atom. The predicted octanol–water partition coefficient (Wildman–Crippen LogP) is 2.30. The Hall–Kier alpha value is -0.850. The molecule has 0 saturated heterocycles. The third-order valence-electron chi connectivity index (χ3n) is 1.78. The maximum absolute atomic E-state index is 13.1. The van der Waals surface area contributed by atoms with Gasteiger partial charge in [-0.25, -0.2) is 14.2 Å². The third kappa shape index (κ3) is 2.58. The molecule has 15 heavy (non-hydrogen) atoms. The van der Waals surface area contributed by atoms with Gasteiger partial charge in [0.1, 0.15) is 17.7 Å². The second-order valence-corrected chi connectivity index (χ2v) is 3.28. The molecule has 0 aromatic heterocycles. The van der Waals surface area contributed by atoms with Gasteiger partial charge in [0.15, 0.2) is 0 Å². The molecular weight excluding hydrogens is 236 g/mol. The van der Waals surface area contributed by atoms with Crippen molar-refractivity contribution in [3.8, 4) is 0 Å². The quantitative estimate of drug-likeness (QED) is 0.369. The molecular formula is C8H7ClF4N2. The van der Waals surface area contributed by atoms with E-state index in [0.29, 0.717) is 0 Å².